The lowest BCUT2D eigenvalue weighted by Gasteiger charge is -2.08. The molecule has 9 rings (SSSR count). The summed E-state index contributed by atoms with van der Waals surface area (Å²) in [5, 5.41) is 4.87. The van der Waals surface area contributed by atoms with Crippen LogP contribution in [0.2, 0.25) is 0 Å². The van der Waals surface area contributed by atoms with Gasteiger partial charge in [0.15, 0.2) is 5.58 Å². The SMILES string of the molecule is c1ccc(-c2ccc3sc4ccc5nc(-c6ccc(-n7c8ccccc8c8ccccc87)cc6)oc5c4c3c2)cc1. The van der Waals surface area contributed by atoms with Crippen molar-refractivity contribution in [2.75, 3.05) is 0 Å². The highest BCUT2D eigenvalue weighted by Crippen LogP contribution is 2.41. The van der Waals surface area contributed by atoms with Crippen LogP contribution >= 0.6 is 11.3 Å². The van der Waals surface area contributed by atoms with Crippen LogP contribution < -0.4 is 0 Å². The van der Waals surface area contributed by atoms with Crippen LogP contribution in [0, 0.1) is 0 Å². The highest BCUT2D eigenvalue weighted by atomic mass is 32.1. The third-order valence-corrected chi connectivity index (χ3v) is 9.18. The first-order chi connectivity index (χ1) is 20.3. The molecule has 0 aliphatic rings. The molecule has 0 saturated heterocycles. The maximum absolute atomic E-state index is 6.54. The van der Waals surface area contributed by atoms with Crippen LogP contribution in [0.25, 0.3) is 81.3 Å². The van der Waals surface area contributed by atoms with Crippen LogP contribution in [0.1, 0.15) is 0 Å². The lowest BCUT2D eigenvalue weighted by Crippen LogP contribution is -1.93. The molecule has 0 unspecified atom stereocenters. The van der Waals surface area contributed by atoms with Gasteiger partial charge in [-0.15, -0.1) is 11.3 Å². The van der Waals surface area contributed by atoms with Gasteiger partial charge >= 0.3 is 0 Å². The molecule has 0 bridgehead atoms. The topological polar surface area (TPSA) is 31.0 Å². The molecule has 3 heterocycles. The molecule has 3 aromatic heterocycles. The van der Waals surface area contributed by atoms with Gasteiger partial charge in [0.2, 0.25) is 5.89 Å². The van der Waals surface area contributed by atoms with Crippen molar-refractivity contribution in [3.8, 4) is 28.3 Å². The van der Waals surface area contributed by atoms with E-state index in [9.17, 15) is 0 Å². The summed E-state index contributed by atoms with van der Waals surface area (Å²) in [4.78, 5) is 4.92. The number of benzene rings is 6. The number of fused-ring (bicyclic) bond motifs is 8. The zero-order valence-electron chi connectivity index (χ0n) is 21.9. The normalized spacial score (nSPS) is 11.9. The summed E-state index contributed by atoms with van der Waals surface area (Å²) in [6, 6.07) is 47.2. The summed E-state index contributed by atoms with van der Waals surface area (Å²) in [5.41, 5.74) is 8.61. The molecule has 0 fully saturated rings. The van der Waals surface area contributed by atoms with Crippen molar-refractivity contribution in [3.63, 3.8) is 0 Å². The number of hydrogen-bond acceptors (Lipinski definition) is 3. The van der Waals surface area contributed by atoms with Gasteiger partial charge in [0.1, 0.15) is 5.52 Å². The Bertz CT molecular complexity index is 2360. The molecule has 0 saturated carbocycles. The highest BCUT2D eigenvalue weighted by molar-refractivity contribution is 7.26. The molecule has 192 valence electrons. The Kier molecular flexibility index (Phi) is 4.77. The molecule has 6 aromatic carbocycles. The summed E-state index contributed by atoms with van der Waals surface area (Å²) in [5.74, 6) is 0.639. The van der Waals surface area contributed by atoms with E-state index in [0.29, 0.717) is 5.89 Å². The molecule has 0 aliphatic carbocycles. The van der Waals surface area contributed by atoms with Crippen LogP contribution in [-0.2, 0) is 0 Å². The minimum atomic E-state index is 0.639. The fraction of sp³-hybridized carbons (Fsp3) is 0. The number of hydrogen-bond donors (Lipinski definition) is 0. The van der Waals surface area contributed by atoms with E-state index in [-0.39, 0.29) is 0 Å². The number of nitrogens with zero attached hydrogens (tertiary/aromatic N) is 2. The van der Waals surface area contributed by atoms with E-state index < -0.39 is 0 Å². The lowest BCUT2D eigenvalue weighted by molar-refractivity contribution is 0.623. The fourth-order valence-corrected chi connectivity index (χ4v) is 7.22. The zero-order chi connectivity index (χ0) is 26.9. The van der Waals surface area contributed by atoms with Crippen LogP contribution in [0.5, 0.6) is 0 Å². The quantitative estimate of drug-likeness (QED) is 0.222. The van der Waals surface area contributed by atoms with E-state index in [4.69, 9.17) is 9.40 Å². The monoisotopic (exact) mass is 542 g/mol. The lowest BCUT2D eigenvalue weighted by atomic mass is 10.0. The molecule has 3 nitrogen and oxygen atoms in total. The standard InChI is InChI=1S/C37H22N2OS/c1-2-8-23(9-3-1)25-16-20-33-29(22-25)35-34(41-33)21-19-30-36(35)40-37(38-30)24-14-17-26(18-15-24)39-31-12-6-4-10-27(31)28-11-5-7-13-32(28)39/h1-22H. The maximum atomic E-state index is 6.54. The summed E-state index contributed by atoms with van der Waals surface area (Å²) in [6.07, 6.45) is 0. The van der Waals surface area contributed by atoms with Gasteiger partial charge in [-0.25, -0.2) is 4.98 Å². The molecule has 9 aromatic rings. The van der Waals surface area contributed by atoms with Crippen molar-refractivity contribution >= 4 is 64.4 Å². The highest BCUT2D eigenvalue weighted by Gasteiger charge is 2.17. The van der Waals surface area contributed by atoms with E-state index in [0.717, 1.165) is 27.7 Å². The Morgan fingerprint density at radius 1 is 0.537 bits per heavy atom. The molecule has 0 aliphatic heterocycles. The van der Waals surface area contributed by atoms with Crippen LogP contribution in [-0.4, -0.2) is 9.55 Å². The molecule has 0 N–H and O–H groups in total. The number of thiophene rings is 1. The van der Waals surface area contributed by atoms with E-state index in [1.807, 2.05) is 0 Å². The van der Waals surface area contributed by atoms with Crippen molar-refractivity contribution < 1.29 is 4.42 Å². The smallest absolute Gasteiger partial charge is 0.227 e. The van der Waals surface area contributed by atoms with Crippen molar-refractivity contribution in [1.82, 2.24) is 9.55 Å². The molecular weight excluding hydrogens is 520 g/mol. The van der Waals surface area contributed by atoms with Gasteiger partial charge in [-0.3, -0.25) is 0 Å². The van der Waals surface area contributed by atoms with Gasteiger partial charge in [-0.05, 0) is 71.8 Å². The Labute approximate surface area is 239 Å². The Morgan fingerprint density at radius 2 is 1.20 bits per heavy atom. The summed E-state index contributed by atoms with van der Waals surface area (Å²) >= 11 is 1.80. The minimum absolute atomic E-state index is 0.639. The number of oxazole rings is 1. The Morgan fingerprint density at radius 3 is 1.95 bits per heavy atom. The number of aromatic nitrogens is 2. The van der Waals surface area contributed by atoms with Gasteiger partial charge in [-0.2, -0.15) is 0 Å². The second-order valence-electron chi connectivity index (χ2n) is 10.4. The van der Waals surface area contributed by atoms with Gasteiger partial charge in [0.25, 0.3) is 0 Å². The second-order valence-corrected chi connectivity index (χ2v) is 11.5. The summed E-state index contributed by atoms with van der Waals surface area (Å²) < 4.78 is 11.3. The molecule has 0 spiro atoms. The summed E-state index contributed by atoms with van der Waals surface area (Å²) in [6.45, 7) is 0. The third-order valence-electron chi connectivity index (χ3n) is 8.05. The second kappa shape index (κ2) is 8.65. The molecule has 41 heavy (non-hydrogen) atoms. The number of rotatable bonds is 3. The van der Waals surface area contributed by atoms with E-state index in [1.54, 1.807) is 11.3 Å². The van der Waals surface area contributed by atoms with Gasteiger partial charge in [0, 0.05) is 42.2 Å². The van der Waals surface area contributed by atoms with Crippen molar-refractivity contribution in [2.45, 2.75) is 0 Å². The molecule has 0 atom stereocenters. The zero-order valence-corrected chi connectivity index (χ0v) is 22.7. The van der Waals surface area contributed by atoms with Gasteiger partial charge < -0.3 is 8.98 Å². The molecular formula is C37H22N2OS. The molecule has 4 heteroatoms. The van der Waals surface area contributed by atoms with Crippen LogP contribution in [0.15, 0.2) is 138 Å². The maximum Gasteiger partial charge on any atom is 0.227 e. The Hall–Kier alpha value is -5.19. The van der Waals surface area contributed by atoms with E-state index >= 15 is 0 Å². The fourth-order valence-electron chi connectivity index (χ4n) is 6.13. The summed E-state index contributed by atoms with van der Waals surface area (Å²) in [7, 11) is 0. The van der Waals surface area contributed by atoms with Crippen molar-refractivity contribution in [3.05, 3.63) is 133 Å². The molecule has 0 radical (unpaired) electrons. The first-order valence-electron chi connectivity index (χ1n) is 13.7. The Balaban J connectivity index is 1.18. The van der Waals surface area contributed by atoms with E-state index in [1.165, 1.54) is 47.7 Å². The van der Waals surface area contributed by atoms with Crippen molar-refractivity contribution in [2.24, 2.45) is 0 Å². The van der Waals surface area contributed by atoms with Gasteiger partial charge in [0.05, 0.1) is 11.0 Å². The average molecular weight is 543 g/mol. The van der Waals surface area contributed by atoms with E-state index in [2.05, 4.69) is 138 Å². The van der Waals surface area contributed by atoms with Crippen LogP contribution in [0.4, 0.5) is 0 Å². The molecule has 0 amide bonds. The predicted octanol–water partition coefficient (Wildman–Crippen LogP) is 10.6. The largest absolute Gasteiger partial charge is 0.435 e. The third kappa shape index (κ3) is 3.41. The minimum Gasteiger partial charge on any atom is -0.435 e. The number of para-hydroxylation sites is 2. The first-order valence-corrected chi connectivity index (χ1v) is 14.5. The first kappa shape index (κ1) is 22.6. The van der Waals surface area contributed by atoms with Gasteiger partial charge in [-0.1, -0.05) is 72.8 Å². The average Bonchev–Trinajstić information content (AvgIpc) is 3.73. The predicted molar refractivity (Wildman–Crippen MR) is 172 cm³/mol. The van der Waals surface area contributed by atoms with Crippen LogP contribution in [0.3, 0.4) is 0 Å². The van der Waals surface area contributed by atoms with Crippen molar-refractivity contribution in [1.29, 1.82) is 0 Å².